The highest BCUT2D eigenvalue weighted by molar-refractivity contribution is 5.94. The van der Waals surface area contributed by atoms with Crippen molar-refractivity contribution < 1.29 is 18.7 Å². The van der Waals surface area contributed by atoms with Gasteiger partial charge in [-0.15, -0.1) is 10.2 Å². The largest absolute Gasteiger partial charge is 0.390 e. The molecule has 0 saturated heterocycles. The van der Waals surface area contributed by atoms with E-state index in [4.69, 9.17) is 0 Å². The van der Waals surface area contributed by atoms with Gasteiger partial charge in [-0.2, -0.15) is 0 Å². The summed E-state index contributed by atoms with van der Waals surface area (Å²) in [6, 6.07) is 13.8. The van der Waals surface area contributed by atoms with E-state index in [9.17, 15) is 18.7 Å². The van der Waals surface area contributed by atoms with Crippen molar-refractivity contribution in [1.29, 1.82) is 0 Å². The summed E-state index contributed by atoms with van der Waals surface area (Å²) in [5, 5.41) is 24.7. The Morgan fingerprint density at radius 3 is 2.60 bits per heavy atom. The third-order valence-electron chi connectivity index (χ3n) is 5.79. The van der Waals surface area contributed by atoms with E-state index in [0.717, 1.165) is 18.1 Å². The minimum absolute atomic E-state index is 0.0451. The van der Waals surface area contributed by atoms with Crippen LogP contribution in [0.3, 0.4) is 0 Å². The Kier molecular flexibility index (Phi) is 7.79. The van der Waals surface area contributed by atoms with Gasteiger partial charge in [0.25, 0.3) is 5.91 Å². The smallest absolute Gasteiger partial charge is 0.253 e. The van der Waals surface area contributed by atoms with Gasteiger partial charge in [0.1, 0.15) is 18.0 Å². The van der Waals surface area contributed by atoms with Crippen molar-refractivity contribution in [1.82, 2.24) is 25.2 Å². The van der Waals surface area contributed by atoms with E-state index in [0.29, 0.717) is 23.3 Å². The fraction of sp³-hybridized carbons (Fsp3) is 0.269. The molecule has 3 N–H and O–H groups in total. The third kappa shape index (κ3) is 6.46. The number of benzene rings is 2. The highest BCUT2D eigenvalue weighted by Crippen LogP contribution is 2.13. The van der Waals surface area contributed by atoms with Crippen molar-refractivity contribution in [3.05, 3.63) is 101 Å². The van der Waals surface area contributed by atoms with E-state index in [1.807, 2.05) is 12.1 Å². The molecule has 4 aromatic rings. The van der Waals surface area contributed by atoms with Crippen LogP contribution in [0.2, 0.25) is 0 Å². The molecule has 0 fully saturated rings. The Bertz CT molecular complexity index is 1290. The number of amides is 1. The first-order valence-corrected chi connectivity index (χ1v) is 11.4. The minimum Gasteiger partial charge on any atom is -0.390 e. The van der Waals surface area contributed by atoms with Crippen molar-refractivity contribution in [2.45, 2.75) is 38.5 Å². The summed E-state index contributed by atoms with van der Waals surface area (Å²) in [6.45, 7) is 2.79. The lowest BCUT2D eigenvalue weighted by Crippen LogP contribution is -2.48. The molecule has 4 rings (SSSR count). The standard InChI is InChI=1S/C26H27F2N5O2/c1-2-17-4-3-5-18(8-17)13-29-14-24(34)23(11-19-9-21(27)12-22(28)10-19)31-26(35)20-6-7-25-32-30-16-33(25)15-20/h3-10,12,15-16,23-24,29,34H,2,11,13-14H2,1H3,(H,31,35). The molecular formula is C26H27F2N5O2. The second-order valence-corrected chi connectivity index (χ2v) is 8.45. The Balaban J connectivity index is 1.47. The van der Waals surface area contributed by atoms with Crippen LogP contribution in [0.5, 0.6) is 0 Å². The number of fused-ring (bicyclic) bond motifs is 1. The number of carbonyl (C=O) groups excluding carboxylic acids is 1. The lowest BCUT2D eigenvalue weighted by Gasteiger charge is -2.25. The maximum Gasteiger partial charge on any atom is 0.253 e. The Hall–Kier alpha value is -3.69. The zero-order valence-corrected chi connectivity index (χ0v) is 19.3. The predicted octanol–water partition coefficient (Wildman–Crippen LogP) is 3.06. The summed E-state index contributed by atoms with van der Waals surface area (Å²) >= 11 is 0. The van der Waals surface area contributed by atoms with Crippen LogP contribution in [-0.2, 0) is 19.4 Å². The Labute approximate surface area is 201 Å². The van der Waals surface area contributed by atoms with E-state index in [2.05, 4.69) is 39.9 Å². The monoisotopic (exact) mass is 479 g/mol. The first-order chi connectivity index (χ1) is 16.9. The molecule has 0 aliphatic rings. The number of aliphatic hydroxyl groups is 1. The lowest BCUT2D eigenvalue weighted by molar-refractivity contribution is 0.0829. The van der Waals surface area contributed by atoms with Crippen LogP contribution in [0.25, 0.3) is 5.65 Å². The molecule has 7 nitrogen and oxygen atoms in total. The van der Waals surface area contributed by atoms with E-state index in [-0.39, 0.29) is 13.0 Å². The number of aromatic nitrogens is 3. The molecule has 0 saturated carbocycles. The zero-order chi connectivity index (χ0) is 24.8. The van der Waals surface area contributed by atoms with Crippen LogP contribution in [0, 0.1) is 11.6 Å². The van der Waals surface area contributed by atoms with Crippen LogP contribution < -0.4 is 10.6 Å². The van der Waals surface area contributed by atoms with Gasteiger partial charge in [-0.3, -0.25) is 9.20 Å². The maximum atomic E-state index is 13.8. The molecule has 9 heteroatoms. The summed E-state index contributed by atoms with van der Waals surface area (Å²) < 4.78 is 29.1. The van der Waals surface area contributed by atoms with Crippen LogP contribution in [-0.4, -0.2) is 44.3 Å². The van der Waals surface area contributed by atoms with E-state index in [1.165, 1.54) is 24.0 Å². The second kappa shape index (κ2) is 11.2. The van der Waals surface area contributed by atoms with E-state index >= 15 is 0 Å². The summed E-state index contributed by atoms with van der Waals surface area (Å²) in [5.41, 5.74) is 3.55. The topological polar surface area (TPSA) is 91.5 Å². The summed E-state index contributed by atoms with van der Waals surface area (Å²) in [7, 11) is 0. The van der Waals surface area contributed by atoms with Crippen molar-refractivity contribution in [3.8, 4) is 0 Å². The third-order valence-corrected chi connectivity index (χ3v) is 5.79. The van der Waals surface area contributed by atoms with Crippen molar-refractivity contribution in [2.75, 3.05) is 6.54 Å². The second-order valence-electron chi connectivity index (χ2n) is 8.45. The number of hydrogen-bond donors (Lipinski definition) is 3. The number of aryl methyl sites for hydroxylation is 1. The van der Waals surface area contributed by atoms with Gasteiger partial charge in [0.05, 0.1) is 17.7 Å². The molecule has 2 atom stereocenters. The Morgan fingerprint density at radius 2 is 1.83 bits per heavy atom. The van der Waals surface area contributed by atoms with Gasteiger partial charge in [-0.1, -0.05) is 31.2 Å². The number of nitrogens with one attached hydrogen (secondary N) is 2. The van der Waals surface area contributed by atoms with Crippen LogP contribution in [0.1, 0.15) is 34.0 Å². The number of pyridine rings is 1. The van der Waals surface area contributed by atoms with E-state index in [1.54, 1.807) is 22.7 Å². The molecule has 0 radical (unpaired) electrons. The zero-order valence-electron chi connectivity index (χ0n) is 19.3. The van der Waals surface area contributed by atoms with Gasteiger partial charge < -0.3 is 15.7 Å². The van der Waals surface area contributed by atoms with Gasteiger partial charge in [-0.25, -0.2) is 8.78 Å². The van der Waals surface area contributed by atoms with Gasteiger partial charge in [-0.05, 0) is 53.8 Å². The molecule has 35 heavy (non-hydrogen) atoms. The number of hydrogen-bond acceptors (Lipinski definition) is 5. The fourth-order valence-corrected chi connectivity index (χ4v) is 3.95. The highest BCUT2D eigenvalue weighted by Gasteiger charge is 2.23. The fourth-order valence-electron chi connectivity index (χ4n) is 3.95. The van der Waals surface area contributed by atoms with Crippen LogP contribution in [0.15, 0.2) is 67.1 Å². The van der Waals surface area contributed by atoms with E-state index < -0.39 is 29.7 Å². The molecule has 1 amide bonds. The molecule has 0 aliphatic heterocycles. The van der Waals surface area contributed by atoms with Crippen LogP contribution in [0.4, 0.5) is 8.78 Å². The molecule has 0 spiro atoms. The Morgan fingerprint density at radius 1 is 1.06 bits per heavy atom. The normalized spacial score (nSPS) is 13.0. The average molecular weight is 480 g/mol. The quantitative estimate of drug-likeness (QED) is 0.325. The van der Waals surface area contributed by atoms with Crippen molar-refractivity contribution >= 4 is 11.6 Å². The number of halogens is 2. The molecule has 0 aliphatic carbocycles. The summed E-state index contributed by atoms with van der Waals surface area (Å²) in [6.07, 6.45) is 3.01. The molecule has 2 aromatic heterocycles. The summed E-state index contributed by atoms with van der Waals surface area (Å²) in [5.74, 6) is -1.87. The molecule has 2 heterocycles. The van der Waals surface area contributed by atoms with Gasteiger partial charge in [0, 0.05) is 25.4 Å². The van der Waals surface area contributed by atoms with Crippen molar-refractivity contribution in [3.63, 3.8) is 0 Å². The SMILES string of the molecule is CCc1cccc(CNCC(O)C(Cc2cc(F)cc(F)c2)NC(=O)c2ccc3nncn3c2)c1. The summed E-state index contributed by atoms with van der Waals surface area (Å²) in [4.78, 5) is 13.0. The number of nitrogens with zero attached hydrogens (tertiary/aromatic N) is 3. The number of rotatable bonds is 10. The minimum atomic E-state index is -1.02. The lowest BCUT2D eigenvalue weighted by atomic mass is 10.00. The van der Waals surface area contributed by atoms with Gasteiger partial charge in [0.2, 0.25) is 0 Å². The first-order valence-electron chi connectivity index (χ1n) is 11.4. The van der Waals surface area contributed by atoms with Gasteiger partial charge in [0.15, 0.2) is 5.65 Å². The van der Waals surface area contributed by atoms with Crippen molar-refractivity contribution in [2.24, 2.45) is 0 Å². The number of aliphatic hydroxyl groups excluding tert-OH is 1. The molecule has 2 unspecified atom stereocenters. The molecule has 182 valence electrons. The first kappa shape index (κ1) is 24.4. The van der Waals surface area contributed by atoms with Crippen LogP contribution >= 0.6 is 0 Å². The molecular weight excluding hydrogens is 452 g/mol. The molecule has 2 aromatic carbocycles. The number of carbonyl (C=O) groups is 1. The predicted molar refractivity (Wildman–Crippen MR) is 128 cm³/mol. The molecule has 0 bridgehead atoms. The van der Waals surface area contributed by atoms with Gasteiger partial charge >= 0.3 is 0 Å². The maximum absolute atomic E-state index is 13.8. The highest BCUT2D eigenvalue weighted by atomic mass is 19.1. The average Bonchev–Trinajstić information content (AvgIpc) is 3.31.